The molecule has 1 amide bonds. The topological polar surface area (TPSA) is 138 Å². The van der Waals surface area contributed by atoms with Crippen LogP contribution in [0.5, 0.6) is 5.75 Å². The Kier molecular flexibility index (Phi) is 7.03. The number of morpholine rings is 1. The van der Waals surface area contributed by atoms with Crippen molar-refractivity contribution in [1.82, 2.24) is 29.3 Å². The Balaban J connectivity index is 1.18. The molecule has 2 aromatic carbocycles. The molecule has 44 heavy (non-hydrogen) atoms. The molecule has 4 aromatic heterocycles. The Hall–Kier alpha value is -5.49. The molecule has 3 N–H and O–H groups in total. The van der Waals surface area contributed by atoms with Crippen molar-refractivity contribution in [2.75, 3.05) is 49.4 Å². The normalized spacial score (nSPS) is 13.5. The number of pyridine rings is 1. The number of para-hydroxylation sites is 1. The number of hydrogen-bond donors (Lipinski definition) is 2. The van der Waals surface area contributed by atoms with Gasteiger partial charge in [0.15, 0.2) is 5.65 Å². The van der Waals surface area contributed by atoms with Crippen molar-refractivity contribution in [3.63, 3.8) is 0 Å². The second-order valence-corrected chi connectivity index (χ2v) is 10.6. The van der Waals surface area contributed by atoms with Crippen LogP contribution in [0.25, 0.3) is 38.9 Å². The van der Waals surface area contributed by atoms with E-state index in [4.69, 9.17) is 20.3 Å². The number of ether oxygens (including phenoxy) is 2. The molecule has 222 valence electrons. The highest BCUT2D eigenvalue weighted by molar-refractivity contribution is 6.00. The van der Waals surface area contributed by atoms with Crippen molar-refractivity contribution in [2.45, 2.75) is 6.42 Å². The summed E-state index contributed by atoms with van der Waals surface area (Å²) in [5, 5.41) is 9.61. The zero-order valence-electron chi connectivity index (χ0n) is 24.4. The van der Waals surface area contributed by atoms with E-state index in [1.165, 1.54) is 6.33 Å². The standard InChI is InChI=1S/C32H31N9O3/c1-39-23(15-20-5-3-4-6-25(20)39)17-28(42)37-24-9-7-21(16-26(24)43-2)30-29-31(33)35-19-36-32(29)41(38-30)22-8-10-27(34-18-22)40-11-13-44-14-12-40/h3-10,15-16,18-19H,11-14,17H2,1-2H3,(H,37,42)(H2,33,35,36). The fraction of sp³-hybridized carbons (Fsp3) is 0.219. The Morgan fingerprint density at radius 2 is 1.89 bits per heavy atom. The van der Waals surface area contributed by atoms with Crippen molar-refractivity contribution in [1.29, 1.82) is 0 Å². The van der Waals surface area contributed by atoms with E-state index in [-0.39, 0.29) is 12.3 Å². The lowest BCUT2D eigenvalue weighted by Crippen LogP contribution is -2.36. The van der Waals surface area contributed by atoms with Gasteiger partial charge < -0.3 is 30.0 Å². The number of anilines is 3. The number of aromatic nitrogens is 6. The second-order valence-electron chi connectivity index (χ2n) is 10.6. The van der Waals surface area contributed by atoms with E-state index >= 15 is 0 Å². The average Bonchev–Trinajstić information content (AvgIpc) is 3.60. The number of amides is 1. The summed E-state index contributed by atoms with van der Waals surface area (Å²) < 4.78 is 14.9. The van der Waals surface area contributed by atoms with Crippen molar-refractivity contribution < 1.29 is 14.3 Å². The van der Waals surface area contributed by atoms with Gasteiger partial charge in [-0.3, -0.25) is 4.79 Å². The Bertz CT molecular complexity index is 1990. The SMILES string of the molecule is COc1cc(-c2nn(-c3ccc(N4CCOCC4)nc3)c3ncnc(N)c23)ccc1NC(=O)Cc1cc2ccccc2n1C. The molecule has 0 radical (unpaired) electrons. The van der Waals surface area contributed by atoms with Crippen LogP contribution >= 0.6 is 0 Å². The average molecular weight is 590 g/mol. The number of nitrogens with two attached hydrogens (primary N) is 1. The molecule has 1 aliphatic heterocycles. The summed E-state index contributed by atoms with van der Waals surface area (Å²) in [6, 6.07) is 19.5. The fourth-order valence-electron chi connectivity index (χ4n) is 5.66. The third kappa shape index (κ3) is 4.94. The van der Waals surface area contributed by atoms with Crippen LogP contribution in [-0.4, -0.2) is 68.6 Å². The first-order valence-corrected chi connectivity index (χ1v) is 14.3. The van der Waals surface area contributed by atoms with Crippen LogP contribution < -0.4 is 20.7 Å². The van der Waals surface area contributed by atoms with Crippen LogP contribution in [0, 0.1) is 0 Å². The number of fused-ring (bicyclic) bond motifs is 2. The quantitative estimate of drug-likeness (QED) is 0.283. The van der Waals surface area contributed by atoms with Crippen LogP contribution in [0.3, 0.4) is 0 Å². The third-order valence-electron chi connectivity index (χ3n) is 7.95. The number of methoxy groups -OCH3 is 1. The Labute approximate surface area is 253 Å². The largest absolute Gasteiger partial charge is 0.495 e. The highest BCUT2D eigenvalue weighted by Crippen LogP contribution is 2.36. The van der Waals surface area contributed by atoms with Gasteiger partial charge >= 0.3 is 0 Å². The smallest absolute Gasteiger partial charge is 0.230 e. The van der Waals surface area contributed by atoms with Crippen molar-refractivity contribution in [2.24, 2.45) is 7.05 Å². The summed E-state index contributed by atoms with van der Waals surface area (Å²) in [6.07, 6.45) is 3.41. The number of nitrogens with zero attached hydrogens (tertiary/aromatic N) is 7. The minimum absolute atomic E-state index is 0.151. The minimum Gasteiger partial charge on any atom is -0.495 e. The molecule has 0 atom stereocenters. The van der Waals surface area contributed by atoms with E-state index < -0.39 is 0 Å². The maximum absolute atomic E-state index is 13.1. The van der Waals surface area contributed by atoms with E-state index in [1.807, 2.05) is 66.2 Å². The Morgan fingerprint density at radius 3 is 2.66 bits per heavy atom. The summed E-state index contributed by atoms with van der Waals surface area (Å²) in [4.78, 5) is 28.7. The zero-order valence-corrected chi connectivity index (χ0v) is 24.4. The lowest BCUT2D eigenvalue weighted by molar-refractivity contribution is -0.115. The molecule has 12 heteroatoms. The maximum atomic E-state index is 13.1. The van der Waals surface area contributed by atoms with Gasteiger partial charge in [-0.25, -0.2) is 19.6 Å². The van der Waals surface area contributed by atoms with Crippen molar-refractivity contribution in [3.05, 3.63) is 78.9 Å². The highest BCUT2D eigenvalue weighted by Gasteiger charge is 2.21. The van der Waals surface area contributed by atoms with E-state index in [9.17, 15) is 4.79 Å². The molecular weight excluding hydrogens is 558 g/mol. The molecule has 0 aliphatic carbocycles. The molecule has 6 aromatic rings. The van der Waals surface area contributed by atoms with Crippen LogP contribution in [0.4, 0.5) is 17.3 Å². The summed E-state index contributed by atoms with van der Waals surface area (Å²) >= 11 is 0. The summed E-state index contributed by atoms with van der Waals surface area (Å²) in [5.41, 5.74) is 11.5. The van der Waals surface area contributed by atoms with Gasteiger partial charge in [-0.05, 0) is 41.8 Å². The van der Waals surface area contributed by atoms with Crippen LogP contribution in [0.15, 0.2) is 73.2 Å². The molecule has 12 nitrogen and oxygen atoms in total. The monoisotopic (exact) mass is 589 g/mol. The lowest BCUT2D eigenvalue weighted by Gasteiger charge is -2.27. The molecule has 5 heterocycles. The first kappa shape index (κ1) is 27.3. The van der Waals surface area contributed by atoms with Gasteiger partial charge in [0.2, 0.25) is 5.91 Å². The van der Waals surface area contributed by atoms with Crippen molar-refractivity contribution >= 4 is 45.2 Å². The number of nitrogens with one attached hydrogen (secondary N) is 1. The van der Waals surface area contributed by atoms with Gasteiger partial charge in [-0.15, -0.1) is 0 Å². The van der Waals surface area contributed by atoms with Crippen LogP contribution in [0.1, 0.15) is 5.69 Å². The minimum atomic E-state index is -0.151. The number of hydrogen-bond acceptors (Lipinski definition) is 9. The highest BCUT2D eigenvalue weighted by atomic mass is 16.5. The lowest BCUT2D eigenvalue weighted by atomic mass is 10.1. The summed E-state index contributed by atoms with van der Waals surface area (Å²) in [7, 11) is 3.53. The Morgan fingerprint density at radius 1 is 1.05 bits per heavy atom. The predicted molar refractivity (Wildman–Crippen MR) is 169 cm³/mol. The predicted octanol–water partition coefficient (Wildman–Crippen LogP) is 3.98. The molecule has 1 fully saturated rings. The first-order chi connectivity index (χ1) is 21.5. The van der Waals surface area contributed by atoms with E-state index in [0.717, 1.165) is 46.8 Å². The maximum Gasteiger partial charge on any atom is 0.230 e. The van der Waals surface area contributed by atoms with Crippen LogP contribution in [-0.2, 0) is 23.0 Å². The van der Waals surface area contributed by atoms with Gasteiger partial charge in [-0.1, -0.05) is 24.3 Å². The number of carbonyl (C=O) groups excluding carboxylic acids is 1. The molecule has 7 rings (SSSR count). The van der Waals surface area contributed by atoms with E-state index in [2.05, 4.69) is 25.2 Å². The third-order valence-corrected chi connectivity index (χ3v) is 7.95. The fourth-order valence-corrected chi connectivity index (χ4v) is 5.66. The number of carbonyl (C=O) groups is 1. The van der Waals surface area contributed by atoms with Gasteiger partial charge in [0.05, 0.1) is 49.7 Å². The number of rotatable bonds is 7. The number of nitrogen functional groups attached to an aromatic ring is 1. The van der Waals surface area contributed by atoms with Gasteiger partial charge in [0, 0.05) is 36.9 Å². The summed E-state index contributed by atoms with van der Waals surface area (Å²) in [6.45, 7) is 2.96. The van der Waals surface area contributed by atoms with Gasteiger partial charge in [0.25, 0.3) is 0 Å². The molecule has 0 spiro atoms. The molecule has 0 saturated carbocycles. The van der Waals surface area contributed by atoms with E-state index in [0.29, 0.717) is 47.2 Å². The summed E-state index contributed by atoms with van der Waals surface area (Å²) in [5.74, 6) is 1.52. The number of aryl methyl sites for hydroxylation is 1. The molecule has 0 bridgehead atoms. The molecule has 0 unspecified atom stereocenters. The van der Waals surface area contributed by atoms with Crippen LogP contribution in [0.2, 0.25) is 0 Å². The van der Waals surface area contributed by atoms with E-state index in [1.54, 1.807) is 24.1 Å². The van der Waals surface area contributed by atoms with Gasteiger partial charge in [-0.2, -0.15) is 5.10 Å². The van der Waals surface area contributed by atoms with Crippen molar-refractivity contribution in [3.8, 4) is 22.7 Å². The van der Waals surface area contributed by atoms with Gasteiger partial charge in [0.1, 0.15) is 29.4 Å². The molecule has 1 aliphatic rings. The molecule has 1 saturated heterocycles. The number of benzene rings is 2. The second kappa shape index (κ2) is 11.3. The molecular formula is C32H31N9O3. The zero-order chi connectivity index (χ0) is 30.2. The first-order valence-electron chi connectivity index (χ1n) is 14.3.